The van der Waals surface area contributed by atoms with Gasteiger partial charge in [-0.1, -0.05) is 24.3 Å². The van der Waals surface area contributed by atoms with E-state index in [4.69, 9.17) is 0 Å². The molecule has 1 atom stereocenters. The van der Waals surface area contributed by atoms with Crippen molar-refractivity contribution < 1.29 is 9.59 Å². The van der Waals surface area contributed by atoms with Crippen LogP contribution in [-0.2, 0) is 22.6 Å². The van der Waals surface area contributed by atoms with Crippen LogP contribution in [0.4, 0.5) is 0 Å². The van der Waals surface area contributed by atoms with Gasteiger partial charge in [-0.25, -0.2) is 0 Å². The summed E-state index contributed by atoms with van der Waals surface area (Å²) < 4.78 is 0. The molecule has 0 bridgehead atoms. The number of carbonyl (C=O) groups is 2. The summed E-state index contributed by atoms with van der Waals surface area (Å²) in [5, 5.41) is 0. The van der Waals surface area contributed by atoms with Crippen molar-refractivity contribution in [2.75, 3.05) is 13.6 Å². The van der Waals surface area contributed by atoms with E-state index in [1.807, 2.05) is 35.2 Å². The maximum Gasteiger partial charge on any atom is 0.225 e. The van der Waals surface area contributed by atoms with Gasteiger partial charge in [0.15, 0.2) is 0 Å². The first kappa shape index (κ1) is 17.1. The van der Waals surface area contributed by atoms with Crippen LogP contribution in [0.2, 0.25) is 0 Å². The third-order valence-corrected chi connectivity index (χ3v) is 4.78. The number of amides is 2. The Labute approximate surface area is 148 Å². The number of hydrogen-bond acceptors (Lipinski definition) is 3. The molecule has 3 rings (SSSR count). The SMILES string of the molecule is CC(=O)N1CCc2ccccc2[C@H]1CC(=O)N(C)Cc1ccncc1. The predicted octanol–water partition coefficient (Wildman–Crippen LogP) is 2.58. The molecule has 2 heterocycles. The maximum absolute atomic E-state index is 12.8. The Balaban J connectivity index is 1.76. The molecule has 0 saturated carbocycles. The molecule has 5 nitrogen and oxygen atoms in total. The summed E-state index contributed by atoms with van der Waals surface area (Å²) in [5.41, 5.74) is 3.36. The molecule has 0 unspecified atom stereocenters. The largest absolute Gasteiger partial charge is 0.341 e. The quantitative estimate of drug-likeness (QED) is 0.862. The molecule has 0 N–H and O–H groups in total. The van der Waals surface area contributed by atoms with Gasteiger partial charge in [-0.3, -0.25) is 14.6 Å². The zero-order valence-corrected chi connectivity index (χ0v) is 14.7. The fraction of sp³-hybridized carbons (Fsp3) is 0.350. The van der Waals surface area contributed by atoms with E-state index in [-0.39, 0.29) is 17.9 Å². The highest BCUT2D eigenvalue weighted by Crippen LogP contribution is 2.32. The third-order valence-electron chi connectivity index (χ3n) is 4.78. The van der Waals surface area contributed by atoms with Gasteiger partial charge in [0.2, 0.25) is 11.8 Å². The predicted molar refractivity (Wildman–Crippen MR) is 95.6 cm³/mol. The lowest BCUT2D eigenvalue weighted by Crippen LogP contribution is -2.41. The van der Waals surface area contributed by atoms with Crippen molar-refractivity contribution in [2.45, 2.75) is 32.4 Å². The Morgan fingerprint density at radius 2 is 1.92 bits per heavy atom. The summed E-state index contributed by atoms with van der Waals surface area (Å²) in [6.07, 6.45) is 4.59. The molecule has 5 heteroatoms. The molecular weight excluding hydrogens is 314 g/mol. The van der Waals surface area contributed by atoms with Crippen LogP contribution in [0.25, 0.3) is 0 Å². The van der Waals surface area contributed by atoms with Crippen molar-refractivity contribution in [3.05, 3.63) is 65.5 Å². The first-order valence-corrected chi connectivity index (χ1v) is 8.54. The van der Waals surface area contributed by atoms with Crippen LogP contribution in [-0.4, -0.2) is 40.2 Å². The topological polar surface area (TPSA) is 53.5 Å². The first-order valence-electron chi connectivity index (χ1n) is 8.54. The molecule has 2 aromatic rings. The first-order chi connectivity index (χ1) is 12.1. The van der Waals surface area contributed by atoms with Crippen molar-refractivity contribution in [1.82, 2.24) is 14.8 Å². The fourth-order valence-electron chi connectivity index (χ4n) is 3.42. The number of carbonyl (C=O) groups excluding carboxylic acids is 2. The summed E-state index contributed by atoms with van der Waals surface area (Å²) >= 11 is 0. The number of fused-ring (bicyclic) bond motifs is 1. The molecule has 1 aliphatic heterocycles. The van der Waals surface area contributed by atoms with Gasteiger partial charge in [-0.15, -0.1) is 0 Å². The number of benzene rings is 1. The number of hydrogen-bond donors (Lipinski definition) is 0. The summed E-state index contributed by atoms with van der Waals surface area (Å²) in [5.74, 6) is 0.0499. The van der Waals surface area contributed by atoms with Crippen LogP contribution in [0.3, 0.4) is 0 Å². The number of pyridine rings is 1. The molecule has 1 aromatic carbocycles. The summed E-state index contributed by atoms with van der Waals surface area (Å²) in [4.78, 5) is 32.4. The number of aromatic nitrogens is 1. The van der Waals surface area contributed by atoms with Gasteiger partial charge in [0, 0.05) is 39.5 Å². The lowest BCUT2D eigenvalue weighted by atomic mass is 9.90. The minimum Gasteiger partial charge on any atom is -0.341 e. The van der Waals surface area contributed by atoms with Crippen LogP contribution >= 0.6 is 0 Å². The van der Waals surface area contributed by atoms with E-state index < -0.39 is 0 Å². The third kappa shape index (κ3) is 3.87. The van der Waals surface area contributed by atoms with Gasteiger partial charge in [0.1, 0.15) is 0 Å². The summed E-state index contributed by atoms with van der Waals surface area (Å²) in [6, 6.07) is 11.7. The molecular formula is C20H23N3O2. The van der Waals surface area contributed by atoms with Crippen LogP contribution in [0, 0.1) is 0 Å². The Hall–Kier alpha value is -2.69. The van der Waals surface area contributed by atoms with Gasteiger partial charge in [-0.05, 0) is 35.2 Å². The number of rotatable bonds is 4. The van der Waals surface area contributed by atoms with Crippen molar-refractivity contribution in [3.8, 4) is 0 Å². The van der Waals surface area contributed by atoms with E-state index in [9.17, 15) is 9.59 Å². The smallest absolute Gasteiger partial charge is 0.225 e. The average Bonchev–Trinajstić information content (AvgIpc) is 2.62. The van der Waals surface area contributed by atoms with E-state index in [0.717, 1.165) is 17.5 Å². The average molecular weight is 337 g/mol. The molecule has 25 heavy (non-hydrogen) atoms. The highest BCUT2D eigenvalue weighted by Gasteiger charge is 2.31. The Kier molecular flexibility index (Phi) is 5.12. The molecule has 0 saturated heterocycles. The standard InChI is InChI=1S/C20H23N3O2/c1-15(24)23-12-9-17-5-3-4-6-18(17)19(23)13-20(25)22(2)14-16-7-10-21-11-8-16/h3-8,10-11,19H,9,12-14H2,1-2H3/t19-/m1/s1. The van der Waals surface area contributed by atoms with E-state index >= 15 is 0 Å². The second-order valence-electron chi connectivity index (χ2n) is 6.49. The summed E-state index contributed by atoms with van der Waals surface area (Å²) in [6.45, 7) is 2.78. The molecule has 1 aromatic heterocycles. The van der Waals surface area contributed by atoms with Gasteiger partial charge in [-0.2, -0.15) is 0 Å². The number of nitrogens with zero attached hydrogens (tertiary/aromatic N) is 3. The highest BCUT2D eigenvalue weighted by molar-refractivity contribution is 5.79. The molecule has 130 valence electrons. The van der Waals surface area contributed by atoms with Crippen LogP contribution in [0.1, 0.15) is 36.1 Å². The fourth-order valence-corrected chi connectivity index (χ4v) is 3.42. The van der Waals surface area contributed by atoms with Crippen molar-refractivity contribution in [1.29, 1.82) is 0 Å². The van der Waals surface area contributed by atoms with Crippen molar-refractivity contribution in [3.63, 3.8) is 0 Å². The lowest BCUT2D eigenvalue weighted by Gasteiger charge is -2.37. The second kappa shape index (κ2) is 7.47. The second-order valence-corrected chi connectivity index (χ2v) is 6.49. The van der Waals surface area contributed by atoms with Crippen molar-refractivity contribution >= 4 is 11.8 Å². The Morgan fingerprint density at radius 1 is 1.20 bits per heavy atom. The molecule has 1 aliphatic rings. The normalized spacial score (nSPS) is 16.2. The zero-order chi connectivity index (χ0) is 17.8. The minimum atomic E-state index is -0.185. The minimum absolute atomic E-state index is 0.0177. The Morgan fingerprint density at radius 3 is 2.64 bits per heavy atom. The van der Waals surface area contributed by atoms with Gasteiger partial charge in [0.05, 0.1) is 12.5 Å². The molecule has 0 aliphatic carbocycles. The van der Waals surface area contributed by atoms with Gasteiger partial charge < -0.3 is 9.80 Å². The molecule has 0 fully saturated rings. The molecule has 0 radical (unpaired) electrons. The van der Waals surface area contributed by atoms with Crippen LogP contribution in [0.5, 0.6) is 0 Å². The zero-order valence-electron chi connectivity index (χ0n) is 14.7. The van der Waals surface area contributed by atoms with E-state index in [0.29, 0.717) is 19.5 Å². The molecule has 2 amide bonds. The maximum atomic E-state index is 12.8. The van der Waals surface area contributed by atoms with E-state index in [1.54, 1.807) is 31.3 Å². The van der Waals surface area contributed by atoms with Gasteiger partial charge in [0.25, 0.3) is 0 Å². The van der Waals surface area contributed by atoms with E-state index in [2.05, 4.69) is 11.1 Å². The monoisotopic (exact) mass is 337 g/mol. The lowest BCUT2D eigenvalue weighted by molar-refractivity contribution is -0.136. The van der Waals surface area contributed by atoms with Crippen molar-refractivity contribution in [2.24, 2.45) is 0 Å². The van der Waals surface area contributed by atoms with Crippen LogP contribution < -0.4 is 0 Å². The summed E-state index contributed by atoms with van der Waals surface area (Å²) in [7, 11) is 1.80. The molecule has 0 spiro atoms. The highest BCUT2D eigenvalue weighted by atomic mass is 16.2. The Bertz CT molecular complexity index is 761. The van der Waals surface area contributed by atoms with Gasteiger partial charge >= 0.3 is 0 Å². The van der Waals surface area contributed by atoms with E-state index in [1.165, 1.54) is 5.56 Å². The van der Waals surface area contributed by atoms with Crippen LogP contribution in [0.15, 0.2) is 48.8 Å².